The van der Waals surface area contributed by atoms with Crippen LogP contribution in [0.4, 0.5) is 0 Å². The summed E-state index contributed by atoms with van der Waals surface area (Å²) in [5.41, 5.74) is 1.89. The number of nitrogens with two attached hydrogens (primary N) is 1. The molecular weight excluding hydrogens is 182 g/mol. The quantitative estimate of drug-likeness (QED) is 0.200. The van der Waals surface area contributed by atoms with Crippen LogP contribution >= 0.6 is 0 Å². The van der Waals surface area contributed by atoms with E-state index in [4.69, 9.17) is 5.84 Å². The van der Waals surface area contributed by atoms with Crippen molar-refractivity contribution in [2.45, 2.75) is 13.8 Å². The predicted octanol–water partition coefficient (Wildman–Crippen LogP) is -1.20. The Labute approximate surface area is 84.3 Å². The third kappa shape index (κ3) is 3.61. The molecule has 0 unspecified atom stereocenters. The molecule has 0 bridgehead atoms. The van der Waals surface area contributed by atoms with Gasteiger partial charge in [-0.25, -0.2) is 5.84 Å². The Balaban J connectivity index is 4.17. The highest BCUT2D eigenvalue weighted by molar-refractivity contribution is 5.83. The molecule has 0 aliphatic rings. The average Bonchev–Trinajstić information content (AvgIpc) is 2.18. The van der Waals surface area contributed by atoms with E-state index in [1.165, 1.54) is 0 Å². The Morgan fingerprint density at radius 2 is 2.07 bits per heavy atom. The van der Waals surface area contributed by atoms with E-state index < -0.39 is 5.41 Å². The molecule has 0 saturated heterocycles. The number of amides is 1. The molecule has 1 amide bonds. The summed E-state index contributed by atoms with van der Waals surface area (Å²) in [6, 6.07) is 0. The minimum absolute atomic E-state index is 0.0301. The van der Waals surface area contributed by atoms with Gasteiger partial charge in [0.05, 0.1) is 5.41 Å². The lowest BCUT2D eigenvalue weighted by atomic mass is 9.92. The van der Waals surface area contributed by atoms with Crippen molar-refractivity contribution < 1.29 is 4.79 Å². The van der Waals surface area contributed by atoms with Crippen molar-refractivity contribution in [1.82, 2.24) is 16.1 Å². The first kappa shape index (κ1) is 12.7. The number of nitrogens with one attached hydrogen (secondary N) is 3. The van der Waals surface area contributed by atoms with E-state index in [9.17, 15) is 4.79 Å². The number of hydrazine groups is 1. The molecule has 0 aliphatic carbocycles. The maximum absolute atomic E-state index is 11.4. The van der Waals surface area contributed by atoms with Crippen LogP contribution in [0.5, 0.6) is 0 Å². The summed E-state index contributed by atoms with van der Waals surface area (Å²) in [5, 5.41) is 5.52. The average molecular weight is 201 g/mol. The largest absolute Gasteiger partial charge is 0.359 e. The van der Waals surface area contributed by atoms with Gasteiger partial charge in [-0.05, 0) is 13.8 Å². The van der Waals surface area contributed by atoms with Crippen molar-refractivity contribution in [3.05, 3.63) is 0 Å². The number of hydrogen-bond donors (Lipinski definition) is 4. The molecule has 14 heavy (non-hydrogen) atoms. The van der Waals surface area contributed by atoms with Gasteiger partial charge in [-0.3, -0.25) is 15.2 Å². The number of rotatable bonds is 3. The summed E-state index contributed by atoms with van der Waals surface area (Å²) in [6.45, 7) is 4.13. The van der Waals surface area contributed by atoms with E-state index in [2.05, 4.69) is 21.1 Å². The zero-order valence-electron chi connectivity index (χ0n) is 9.14. The van der Waals surface area contributed by atoms with Gasteiger partial charge >= 0.3 is 0 Å². The van der Waals surface area contributed by atoms with Crippen molar-refractivity contribution in [2.24, 2.45) is 16.3 Å². The molecule has 0 spiro atoms. The van der Waals surface area contributed by atoms with Crippen molar-refractivity contribution in [1.29, 1.82) is 0 Å². The molecule has 0 aromatic heterocycles. The van der Waals surface area contributed by atoms with Gasteiger partial charge in [0.15, 0.2) is 0 Å². The number of carbonyl (C=O) groups excluding carboxylic acids is 1. The predicted molar refractivity (Wildman–Crippen MR) is 56.5 cm³/mol. The molecule has 0 heterocycles. The van der Waals surface area contributed by atoms with Crippen LogP contribution in [0.15, 0.2) is 4.99 Å². The summed E-state index contributed by atoms with van der Waals surface area (Å²) >= 11 is 0. The van der Waals surface area contributed by atoms with Gasteiger partial charge in [-0.2, -0.15) is 0 Å². The minimum Gasteiger partial charge on any atom is -0.359 e. The fourth-order valence-electron chi connectivity index (χ4n) is 0.918. The Morgan fingerprint density at radius 3 is 2.43 bits per heavy atom. The highest BCUT2D eigenvalue weighted by Crippen LogP contribution is 2.12. The first-order valence-electron chi connectivity index (χ1n) is 4.37. The molecule has 5 N–H and O–H groups in total. The number of nitrogens with zero attached hydrogens (tertiary/aromatic N) is 1. The summed E-state index contributed by atoms with van der Waals surface area (Å²) < 4.78 is 0. The van der Waals surface area contributed by atoms with E-state index in [0.29, 0.717) is 12.5 Å². The second-order valence-electron chi connectivity index (χ2n) is 3.53. The van der Waals surface area contributed by atoms with E-state index in [1.807, 2.05) is 13.8 Å². The first-order valence-corrected chi connectivity index (χ1v) is 4.37. The monoisotopic (exact) mass is 201 g/mol. The van der Waals surface area contributed by atoms with Gasteiger partial charge in [-0.1, -0.05) is 0 Å². The zero-order chi connectivity index (χ0) is 11.2. The summed E-state index contributed by atoms with van der Waals surface area (Å²) in [4.78, 5) is 15.2. The van der Waals surface area contributed by atoms with Crippen LogP contribution in [0.2, 0.25) is 0 Å². The molecule has 0 atom stereocenters. The summed E-state index contributed by atoms with van der Waals surface area (Å²) in [6.07, 6.45) is 0. The lowest BCUT2D eigenvalue weighted by molar-refractivity contribution is -0.128. The van der Waals surface area contributed by atoms with Crippen LogP contribution in [-0.4, -0.2) is 32.5 Å². The normalized spacial score (nSPS) is 12.2. The van der Waals surface area contributed by atoms with Crippen molar-refractivity contribution >= 4 is 11.9 Å². The van der Waals surface area contributed by atoms with Crippen LogP contribution in [0.25, 0.3) is 0 Å². The second kappa shape index (κ2) is 5.43. The molecule has 0 aliphatic heterocycles. The van der Waals surface area contributed by atoms with E-state index >= 15 is 0 Å². The highest BCUT2D eigenvalue weighted by Gasteiger charge is 2.26. The van der Waals surface area contributed by atoms with Crippen LogP contribution in [0, 0.1) is 5.41 Å². The summed E-state index contributed by atoms with van der Waals surface area (Å²) in [5.74, 6) is 5.61. The number of hydrogen-bond acceptors (Lipinski definition) is 3. The fraction of sp³-hybridized carbons (Fsp3) is 0.750. The molecule has 6 heteroatoms. The van der Waals surface area contributed by atoms with Crippen molar-refractivity contribution in [2.75, 3.05) is 20.6 Å². The van der Waals surface area contributed by atoms with Crippen LogP contribution in [0.3, 0.4) is 0 Å². The molecule has 0 fully saturated rings. The lowest BCUT2D eigenvalue weighted by Gasteiger charge is -2.23. The Bertz CT molecular complexity index is 224. The third-order valence-electron chi connectivity index (χ3n) is 1.90. The summed E-state index contributed by atoms with van der Waals surface area (Å²) in [7, 11) is 3.22. The zero-order valence-corrected chi connectivity index (χ0v) is 9.14. The van der Waals surface area contributed by atoms with E-state index in [1.54, 1.807) is 14.1 Å². The Morgan fingerprint density at radius 1 is 1.50 bits per heavy atom. The van der Waals surface area contributed by atoms with Crippen LogP contribution in [0.1, 0.15) is 13.8 Å². The maximum Gasteiger partial charge on any atom is 0.227 e. The molecule has 82 valence electrons. The smallest absolute Gasteiger partial charge is 0.227 e. The highest BCUT2D eigenvalue weighted by atomic mass is 16.2. The topological polar surface area (TPSA) is 91.5 Å². The SMILES string of the molecule is CN=C(NN)NCC(C)(C)C(=O)NC. The van der Waals surface area contributed by atoms with E-state index in [0.717, 1.165) is 0 Å². The molecule has 0 saturated carbocycles. The van der Waals surface area contributed by atoms with Crippen molar-refractivity contribution in [3.8, 4) is 0 Å². The minimum atomic E-state index is -0.498. The van der Waals surface area contributed by atoms with Gasteiger partial charge < -0.3 is 10.6 Å². The lowest BCUT2D eigenvalue weighted by Crippen LogP contribution is -2.48. The van der Waals surface area contributed by atoms with Crippen LogP contribution < -0.4 is 21.9 Å². The van der Waals surface area contributed by atoms with Gasteiger partial charge in [-0.15, -0.1) is 0 Å². The maximum atomic E-state index is 11.4. The van der Waals surface area contributed by atoms with Gasteiger partial charge in [0.1, 0.15) is 0 Å². The molecule has 0 aromatic carbocycles. The second-order valence-corrected chi connectivity index (χ2v) is 3.53. The van der Waals surface area contributed by atoms with Gasteiger partial charge in [0, 0.05) is 20.6 Å². The first-order chi connectivity index (χ1) is 6.47. The Kier molecular flexibility index (Phi) is 4.93. The van der Waals surface area contributed by atoms with Gasteiger partial charge in [0.2, 0.25) is 11.9 Å². The number of carbonyl (C=O) groups is 1. The molecule has 0 aromatic rings. The third-order valence-corrected chi connectivity index (χ3v) is 1.90. The Hall–Kier alpha value is -1.30. The molecule has 0 radical (unpaired) electrons. The standard InChI is InChI=1S/C8H19N5O/c1-8(2,6(14)10-3)5-12-7(11-4)13-9/h5,9H2,1-4H3,(H,10,14)(H2,11,12,13). The number of guanidine groups is 1. The molecular formula is C8H19N5O. The van der Waals surface area contributed by atoms with E-state index in [-0.39, 0.29) is 5.91 Å². The van der Waals surface area contributed by atoms with Crippen molar-refractivity contribution in [3.63, 3.8) is 0 Å². The van der Waals surface area contributed by atoms with Gasteiger partial charge in [0.25, 0.3) is 0 Å². The van der Waals surface area contributed by atoms with Crippen LogP contribution in [-0.2, 0) is 4.79 Å². The molecule has 0 rings (SSSR count). The number of aliphatic imine (C=N–C) groups is 1. The molecule has 6 nitrogen and oxygen atoms in total. The fourth-order valence-corrected chi connectivity index (χ4v) is 0.918.